The summed E-state index contributed by atoms with van der Waals surface area (Å²) in [4.78, 5) is 17.2. The zero-order chi connectivity index (χ0) is 18.4. The summed E-state index contributed by atoms with van der Waals surface area (Å²) in [5, 5.41) is 0.795. The topological polar surface area (TPSA) is 32.8 Å². The second-order valence-corrected chi connectivity index (χ2v) is 8.23. The Labute approximate surface area is 162 Å². The van der Waals surface area contributed by atoms with E-state index in [4.69, 9.17) is 16.3 Å². The highest BCUT2D eigenvalue weighted by Gasteiger charge is 2.27. The van der Waals surface area contributed by atoms with Crippen molar-refractivity contribution in [1.29, 1.82) is 0 Å². The fraction of sp³-hybridized carbons (Fsp3) is 0.667. The third-order valence-corrected chi connectivity index (χ3v) is 5.96. The van der Waals surface area contributed by atoms with E-state index in [2.05, 4.69) is 17.0 Å². The summed E-state index contributed by atoms with van der Waals surface area (Å²) in [5.74, 6) is 1.06. The lowest BCUT2D eigenvalue weighted by atomic mass is 9.95. The van der Waals surface area contributed by atoms with Crippen LogP contribution >= 0.6 is 11.6 Å². The predicted octanol–water partition coefficient (Wildman–Crippen LogP) is 3.48. The molecule has 1 aromatic carbocycles. The van der Waals surface area contributed by atoms with Crippen molar-refractivity contribution >= 4 is 17.5 Å². The number of likely N-dealkylation sites (tertiary alicyclic amines) is 1. The minimum Gasteiger partial charge on any atom is -0.381 e. The first kappa shape index (κ1) is 19.7. The maximum atomic E-state index is 12.6. The standard InChI is InChI=1S/C21H31ClN2O2/c1-23(21(25)19-9-13-26-14-10-19)15-18-3-2-11-24(16-18)12-8-17-4-6-20(22)7-5-17/h4-7,18-19H,2-3,8-16H2,1H3/t18-/m0/s1. The average Bonchev–Trinajstić information content (AvgIpc) is 2.68. The highest BCUT2D eigenvalue weighted by molar-refractivity contribution is 6.30. The van der Waals surface area contributed by atoms with Crippen molar-refractivity contribution in [2.45, 2.75) is 32.1 Å². The van der Waals surface area contributed by atoms with Crippen molar-refractivity contribution in [3.63, 3.8) is 0 Å². The molecule has 1 atom stereocenters. The van der Waals surface area contributed by atoms with Crippen LogP contribution in [0.3, 0.4) is 0 Å². The molecule has 0 saturated carbocycles. The fourth-order valence-electron chi connectivity index (χ4n) is 4.18. The third kappa shape index (κ3) is 5.70. The lowest BCUT2D eigenvalue weighted by Gasteiger charge is -2.36. The molecule has 0 radical (unpaired) electrons. The van der Waals surface area contributed by atoms with Gasteiger partial charge in [-0.2, -0.15) is 0 Å². The van der Waals surface area contributed by atoms with Crippen molar-refractivity contribution in [1.82, 2.24) is 9.80 Å². The first-order valence-electron chi connectivity index (χ1n) is 9.91. The van der Waals surface area contributed by atoms with Crippen LogP contribution in [0.5, 0.6) is 0 Å². The Kier molecular flexibility index (Phi) is 7.35. The van der Waals surface area contributed by atoms with E-state index in [-0.39, 0.29) is 5.92 Å². The Morgan fingerprint density at radius 3 is 2.69 bits per heavy atom. The third-order valence-electron chi connectivity index (χ3n) is 5.71. The molecule has 0 aliphatic carbocycles. The molecule has 2 fully saturated rings. The van der Waals surface area contributed by atoms with Gasteiger partial charge in [0.05, 0.1) is 0 Å². The summed E-state index contributed by atoms with van der Waals surface area (Å²) in [7, 11) is 1.98. The van der Waals surface area contributed by atoms with Gasteiger partial charge in [-0.05, 0) is 62.3 Å². The van der Waals surface area contributed by atoms with Crippen LogP contribution in [0.25, 0.3) is 0 Å². The Morgan fingerprint density at radius 1 is 1.23 bits per heavy atom. The minimum atomic E-state index is 0.165. The van der Waals surface area contributed by atoms with E-state index in [0.29, 0.717) is 11.8 Å². The molecule has 4 nitrogen and oxygen atoms in total. The molecule has 144 valence electrons. The van der Waals surface area contributed by atoms with Crippen molar-refractivity contribution < 1.29 is 9.53 Å². The summed E-state index contributed by atoms with van der Waals surface area (Å²) in [6.07, 6.45) is 5.26. The van der Waals surface area contributed by atoms with Gasteiger partial charge in [-0.15, -0.1) is 0 Å². The number of carbonyl (C=O) groups is 1. The van der Waals surface area contributed by atoms with Gasteiger partial charge in [-0.1, -0.05) is 23.7 Å². The second kappa shape index (κ2) is 9.72. The maximum absolute atomic E-state index is 12.6. The summed E-state index contributed by atoms with van der Waals surface area (Å²) in [5.41, 5.74) is 1.34. The van der Waals surface area contributed by atoms with Crippen molar-refractivity contribution in [3.05, 3.63) is 34.9 Å². The molecule has 0 unspecified atom stereocenters. The van der Waals surface area contributed by atoms with Crippen LogP contribution in [-0.4, -0.2) is 62.1 Å². The molecule has 2 heterocycles. The van der Waals surface area contributed by atoms with Crippen molar-refractivity contribution in [2.75, 3.05) is 46.4 Å². The van der Waals surface area contributed by atoms with E-state index < -0.39 is 0 Å². The molecule has 2 saturated heterocycles. The normalized spacial score (nSPS) is 22.3. The first-order chi connectivity index (χ1) is 12.6. The number of hydrogen-bond acceptors (Lipinski definition) is 3. The van der Waals surface area contributed by atoms with Crippen molar-refractivity contribution in [3.8, 4) is 0 Å². The van der Waals surface area contributed by atoms with Gasteiger partial charge >= 0.3 is 0 Å². The number of piperidine rings is 1. The van der Waals surface area contributed by atoms with E-state index in [9.17, 15) is 4.79 Å². The zero-order valence-electron chi connectivity index (χ0n) is 15.8. The number of amides is 1. The molecule has 0 bridgehead atoms. The number of carbonyl (C=O) groups excluding carboxylic acids is 1. The van der Waals surface area contributed by atoms with Crippen LogP contribution < -0.4 is 0 Å². The highest BCUT2D eigenvalue weighted by atomic mass is 35.5. The number of halogens is 1. The van der Waals surface area contributed by atoms with Gasteiger partial charge in [0, 0.05) is 50.8 Å². The van der Waals surface area contributed by atoms with Gasteiger partial charge in [0.15, 0.2) is 0 Å². The number of nitrogens with zero attached hydrogens (tertiary/aromatic N) is 2. The monoisotopic (exact) mass is 378 g/mol. The van der Waals surface area contributed by atoms with Crippen LogP contribution in [0.4, 0.5) is 0 Å². The minimum absolute atomic E-state index is 0.165. The van der Waals surface area contributed by atoms with Gasteiger partial charge in [0.25, 0.3) is 0 Å². The number of ether oxygens (including phenoxy) is 1. The smallest absolute Gasteiger partial charge is 0.225 e. The van der Waals surface area contributed by atoms with Gasteiger partial charge in [0.2, 0.25) is 5.91 Å². The average molecular weight is 379 g/mol. The Balaban J connectivity index is 1.43. The summed E-state index contributed by atoms with van der Waals surface area (Å²) in [6, 6.07) is 8.16. The van der Waals surface area contributed by atoms with E-state index in [0.717, 1.165) is 57.1 Å². The van der Waals surface area contributed by atoms with Crippen LogP contribution in [0.15, 0.2) is 24.3 Å². The maximum Gasteiger partial charge on any atom is 0.225 e. The fourth-order valence-corrected chi connectivity index (χ4v) is 4.30. The molecule has 2 aliphatic heterocycles. The van der Waals surface area contributed by atoms with E-state index in [1.165, 1.54) is 24.9 Å². The largest absolute Gasteiger partial charge is 0.381 e. The van der Waals surface area contributed by atoms with E-state index >= 15 is 0 Å². The summed E-state index contributed by atoms with van der Waals surface area (Å²) < 4.78 is 5.38. The lowest BCUT2D eigenvalue weighted by Crippen LogP contribution is -2.44. The molecule has 1 aromatic rings. The Bertz CT molecular complexity index is 572. The van der Waals surface area contributed by atoms with Gasteiger partial charge < -0.3 is 14.5 Å². The molecule has 0 aromatic heterocycles. The second-order valence-electron chi connectivity index (χ2n) is 7.79. The molecule has 26 heavy (non-hydrogen) atoms. The molecule has 3 rings (SSSR count). The van der Waals surface area contributed by atoms with Crippen LogP contribution in [0.1, 0.15) is 31.2 Å². The number of rotatable bonds is 6. The number of hydrogen-bond donors (Lipinski definition) is 0. The summed E-state index contributed by atoms with van der Waals surface area (Å²) in [6.45, 7) is 5.68. The predicted molar refractivity (Wildman–Crippen MR) is 106 cm³/mol. The lowest BCUT2D eigenvalue weighted by molar-refractivity contribution is -0.138. The summed E-state index contributed by atoms with van der Waals surface area (Å²) >= 11 is 5.96. The molecule has 0 spiro atoms. The van der Waals surface area contributed by atoms with Gasteiger partial charge in [-0.3, -0.25) is 4.79 Å². The quantitative estimate of drug-likeness (QED) is 0.759. The molecule has 0 N–H and O–H groups in total. The van der Waals surface area contributed by atoms with Crippen molar-refractivity contribution in [2.24, 2.45) is 11.8 Å². The van der Waals surface area contributed by atoms with Crippen LogP contribution in [0, 0.1) is 11.8 Å². The van der Waals surface area contributed by atoms with Crippen LogP contribution in [-0.2, 0) is 16.0 Å². The molecular formula is C21H31ClN2O2. The molecular weight excluding hydrogens is 348 g/mol. The highest BCUT2D eigenvalue weighted by Crippen LogP contribution is 2.21. The molecule has 1 amide bonds. The molecule has 2 aliphatic rings. The Morgan fingerprint density at radius 2 is 1.96 bits per heavy atom. The van der Waals surface area contributed by atoms with Crippen LogP contribution in [0.2, 0.25) is 5.02 Å². The van der Waals surface area contributed by atoms with Gasteiger partial charge in [0.1, 0.15) is 0 Å². The van der Waals surface area contributed by atoms with Gasteiger partial charge in [-0.25, -0.2) is 0 Å². The first-order valence-corrected chi connectivity index (χ1v) is 10.3. The number of benzene rings is 1. The van der Waals surface area contributed by atoms with E-state index in [1.807, 2.05) is 24.1 Å². The Hall–Kier alpha value is -1.10. The molecule has 5 heteroatoms. The zero-order valence-corrected chi connectivity index (χ0v) is 16.6. The van der Waals surface area contributed by atoms with E-state index in [1.54, 1.807) is 0 Å². The SMILES string of the molecule is CN(C[C@@H]1CCCN(CCc2ccc(Cl)cc2)C1)C(=O)C1CCOCC1.